The molecular formula is C20H19N3O2. The van der Waals surface area contributed by atoms with Crippen molar-refractivity contribution in [1.82, 2.24) is 4.98 Å². The van der Waals surface area contributed by atoms with Gasteiger partial charge in [0.25, 0.3) is 11.5 Å². The van der Waals surface area contributed by atoms with Crippen LogP contribution in [-0.4, -0.2) is 24.0 Å². The molecule has 5 nitrogen and oxygen atoms in total. The normalized spacial score (nSPS) is 14.0. The highest BCUT2D eigenvalue weighted by Gasteiger charge is 2.17. The van der Waals surface area contributed by atoms with Gasteiger partial charge in [-0.25, -0.2) is 0 Å². The summed E-state index contributed by atoms with van der Waals surface area (Å²) in [5.41, 5.74) is 1.80. The molecule has 25 heavy (non-hydrogen) atoms. The first-order valence-corrected chi connectivity index (χ1v) is 8.50. The van der Waals surface area contributed by atoms with Crippen LogP contribution in [0.5, 0.6) is 0 Å². The number of carbonyl (C=O) groups excluding carboxylic acids is 1. The lowest BCUT2D eigenvalue weighted by molar-refractivity contribution is 0.102. The predicted molar refractivity (Wildman–Crippen MR) is 100 cm³/mol. The minimum absolute atomic E-state index is 0.254. The van der Waals surface area contributed by atoms with Gasteiger partial charge in [-0.15, -0.1) is 0 Å². The van der Waals surface area contributed by atoms with Gasteiger partial charge in [0.1, 0.15) is 5.69 Å². The minimum atomic E-state index is -0.311. The van der Waals surface area contributed by atoms with Gasteiger partial charge in [-0.05, 0) is 42.5 Å². The minimum Gasteiger partial charge on any atom is -0.370 e. The molecule has 2 heterocycles. The number of anilines is 2. The van der Waals surface area contributed by atoms with E-state index in [-0.39, 0.29) is 17.2 Å². The molecule has 0 atom stereocenters. The number of benzene rings is 2. The van der Waals surface area contributed by atoms with Crippen LogP contribution in [0.15, 0.2) is 59.4 Å². The van der Waals surface area contributed by atoms with Gasteiger partial charge >= 0.3 is 0 Å². The van der Waals surface area contributed by atoms with Crippen molar-refractivity contribution in [1.29, 1.82) is 0 Å². The number of H-pyrrole nitrogens is 1. The van der Waals surface area contributed by atoms with E-state index in [4.69, 9.17) is 0 Å². The zero-order valence-corrected chi connectivity index (χ0v) is 13.8. The van der Waals surface area contributed by atoms with Crippen molar-refractivity contribution in [3.8, 4) is 0 Å². The van der Waals surface area contributed by atoms with Crippen molar-refractivity contribution in [3.63, 3.8) is 0 Å². The summed E-state index contributed by atoms with van der Waals surface area (Å²) in [7, 11) is 0. The van der Waals surface area contributed by atoms with Crippen LogP contribution in [0, 0.1) is 0 Å². The zero-order chi connectivity index (χ0) is 17.2. The SMILES string of the molecule is O=C(Nc1ccccc1N1CCCC1)c1cc2ccccc2c(=O)[nH]1. The molecule has 4 rings (SSSR count). The van der Waals surface area contributed by atoms with Gasteiger partial charge in [-0.3, -0.25) is 9.59 Å². The van der Waals surface area contributed by atoms with Crippen LogP contribution in [-0.2, 0) is 0 Å². The van der Waals surface area contributed by atoms with E-state index in [2.05, 4.69) is 15.2 Å². The molecule has 126 valence electrons. The van der Waals surface area contributed by atoms with Gasteiger partial charge in [-0.2, -0.15) is 0 Å². The van der Waals surface area contributed by atoms with E-state index in [0.29, 0.717) is 5.39 Å². The number of carbonyl (C=O) groups is 1. The van der Waals surface area contributed by atoms with Crippen molar-refractivity contribution in [2.45, 2.75) is 12.8 Å². The number of amides is 1. The van der Waals surface area contributed by atoms with Crippen LogP contribution in [0.25, 0.3) is 10.8 Å². The summed E-state index contributed by atoms with van der Waals surface area (Å²) in [6.07, 6.45) is 2.33. The Labute approximate surface area is 145 Å². The molecule has 1 aliphatic rings. The molecule has 0 bridgehead atoms. The first-order valence-electron chi connectivity index (χ1n) is 8.50. The lowest BCUT2D eigenvalue weighted by atomic mass is 10.1. The van der Waals surface area contributed by atoms with Gasteiger partial charge < -0.3 is 15.2 Å². The lowest BCUT2D eigenvalue weighted by Crippen LogP contribution is -2.22. The third-order valence-electron chi connectivity index (χ3n) is 4.60. The molecule has 1 saturated heterocycles. The molecular weight excluding hydrogens is 314 g/mol. The second kappa shape index (κ2) is 6.43. The average molecular weight is 333 g/mol. The molecule has 0 unspecified atom stereocenters. The Bertz CT molecular complexity index is 987. The number of nitrogens with zero attached hydrogens (tertiary/aromatic N) is 1. The molecule has 0 saturated carbocycles. The number of aromatic amines is 1. The Kier molecular flexibility index (Phi) is 3.98. The fraction of sp³-hybridized carbons (Fsp3) is 0.200. The largest absolute Gasteiger partial charge is 0.370 e. The molecule has 1 fully saturated rings. The molecule has 2 N–H and O–H groups in total. The van der Waals surface area contributed by atoms with Crippen molar-refractivity contribution in [2.75, 3.05) is 23.3 Å². The highest BCUT2D eigenvalue weighted by atomic mass is 16.2. The third-order valence-corrected chi connectivity index (χ3v) is 4.60. The summed E-state index contributed by atoms with van der Waals surface area (Å²) in [6.45, 7) is 2.00. The average Bonchev–Trinajstić information content (AvgIpc) is 3.16. The second-order valence-electron chi connectivity index (χ2n) is 6.26. The molecule has 1 aliphatic heterocycles. The number of fused-ring (bicyclic) bond motifs is 1. The molecule has 0 radical (unpaired) electrons. The number of para-hydroxylation sites is 2. The number of rotatable bonds is 3. The van der Waals surface area contributed by atoms with E-state index in [0.717, 1.165) is 29.9 Å². The number of hydrogen-bond donors (Lipinski definition) is 2. The summed E-state index contributed by atoms with van der Waals surface area (Å²) in [5.74, 6) is -0.311. The molecule has 0 aliphatic carbocycles. The Morgan fingerprint density at radius 2 is 1.72 bits per heavy atom. The number of hydrogen-bond acceptors (Lipinski definition) is 3. The first-order chi connectivity index (χ1) is 12.2. The number of nitrogens with one attached hydrogen (secondary N) is 2. The van der Waals surface area contributed by atoms with E-state index in [1.54, 1.807) is 12.1 Å². The standard InChI is InChI=1S/C20H19N3O2/c24-19-15-8-2-1-7-14(15)13-17(22-19)20(25)21-16-9-3-4-10-18(16)23-11-5-6-12-23/h1-4,7-10,13H,5-6,11-12H2,(H,21,25)(H,22,24). The second-order valence-corrected chi connectivity index (χ2v) is 6.26. The van der Waals surface area contributed by atoms with E-state index < -0.39 is 0 Å². The van der Waals surface area contributed by atoms with Gasteiger partial charge in [0.05, 0.1) is 11.4 Å². The number of aromatic nitrogens is 1. The Balaban J connectivity index is 1.66. The summed E-state index contributed by atoms with van der Waals surface area (Å²) in [5, 5.41) is 4.28. The first kappa shape index (κ1) is 15.4. The van der Waals surface area contributed by atoms with Crippen molar-refractivity contribution in [2.24, 2.45) is 0 Å². The van der Waals surface area contributed by atoms with Crippen LogP contribution in [0.3, 0.4) is 0 Å². The fourth-order valence-corrected chi connectivity index (χ4v) is 3.34. The quantitative estimate of drug-likeness (QED) is 0.772. The summed E-state index contributed by atoms with van der Waals surface area (Å²) in [6, 6.07) is 16.7. The van der Waals surface area contributed by atoms with Crippen LogP contribution < -0.4 is 15.8 Å². The third kappa shape index (κ3) is 3.01. The monoisotopic (exact) mass is 333 g/mol. The maximum atomic E-state index is 12.7. The molecule has 0 spiro atoms. The summed E-state index contributed by atoms with van der Waals surface area (Å²) >= 11 is 0. The molecule has 1 aromatic heterocycles. The van der Waals surface area contributed by atoms with Gasteiger partial charge in [0, 0.05) is 18.5 Å². The topological polar surface area (TPSA) is 65.2 Å². The zero-order valence-electron chi connectivity index (χ0n) is 13.8. The van der Waals surface area contributed by atoms with Crippen LogP contribution in [0.2, 0.25) is 0 Å². The van der Waals surface area contributed by atoms with E-state index >= 15 is 0 Å². The van der Waals surface area contributed by atoms with Crippen LogP contribution in [0.4, 0.5) is 11.4 Å². The predicted octanol–water partition coefficient (Wildman–Crippen LogP) is 3.38. The van der Waals surface area contributed by atoms with E-state index in [1.807, 2.05) is 42.5 Å². The molecule has 1 amide bonds. The van der Waals surface area contributed by atoms with Crippen molar-refractivity contribution in [3.05, 3.63) is 70.6 Å². The van der Waals surface area contributed by atoms with Gasteiger partial charge in [0.2, 0.25) is 0 Å². The van der Waals surface area contributed by atoms with Gasteiger partial charge in [0.15, 0.2) is 0 Å². The van der Waals surface area contributed by atoms with E-state index in [9.17, 15) is 9.59 Å². The Morgan fingerprint density at radius 1 is 1.00 bits per heavy atom. The molecule has 2 aromatic carbocycles. The van der Waals surface area contributed by atoms with Crippen LogP contribution in [0.1, 0.15) is 23.3 Å². The maximum absolute atomic E-state index is 12.7. The van der Waals surface area contributed by atoms with E-state index in [1.165, 1.54) is 12.8 Å². The highest BCUT2D eigenvalue weighted by Crippen LogP contribution is 2.28. The summed E-state index contributed by atoms with van der Waals surface area (Å²) < 4.78 is 0. The van der Waals surface area contributed by atoms with Crippen molar-refractivity contribution >= 4 is 28.1 Å². The highest BCUT2D eigenvalue weighted by molar-refractivity contribution is 6.06. The molecule has 3 aromatic rings. The van der Waals surface area contributed by atoms with Crippen molar-refractivity contribution < 1.29 is 4.79 Å². The number of pyridine rings is 1. The Hall–Kier alpha value is -3.08. The Morgan fingerprint density at radius 3 is 2.56 bits per heavy atom. The van der Waals surface area contributed by atoms with Crippen LogP contribution >= 0.6 is 0 Å². The lowest BCUT2D eigenvalue weighted by Gasteiger charge is -2.21. The summed E-state index contributed by atoms with van der Waals surface area (Å²) in [4.78, 5) is 29.8. The smallest absolute Gasteiger partial charge is 0.272 e. The maximum Gasteiger partial charge on any atom is 0.272 e. The molecule has 5 heteroatoms. The van der Waals surface area contributed by atoms with Gasteiger partial charge in [-0.1, -0.05) is 30.3 Å². The fourth-order valence-electron chi connectivity index (χ4n) is 3.34.